The lowest BCUT2D eigenvalue weighted by molar-refractivity contribution is -0.383. The van der Waals surface area contributed by atoms with Gasteiger partial charge in [0.1, 0.15) is 11.4 Å². The summed E-state index contributed by atoms with van der Waals surface area (Å²) in [4.78, 5) is 13.2. The first kappa shape index (κ1) is 13.6. The number of nitrogens with zero attached hydrogens (tertiary/aromatic N) is 2. The van der Waals surface area contributed by atoms with Gasteiger partial charge < -0.3 is 10.2 Å². The fraction of sp³-hybridized carbons (Fsp3) is 0.571. The number of rotatable bonds is 3. The van der Waals surface area contributed by atoms with Gasteiger partial charge in [0.2, 0.25) is 0 Å². The highest BCUT2D eigenvalue weighted by Crippen LogP contribution is 2.35. The Bertz CT molecular complexity index is 440. The molecule has 5 nitrogen and oxygen atoms in total. The molecule has 1 N–H and O–H groups in total. The van der Waals surface area contributed by atoms with E-state index >= 15 is 0 Å². The minimum atomic E-state index is -0.278. The van der Waals surface area contributed by atoms with Crippen molar-refractivity contribution in [3.63, 3.8) is 0 Å². The lowest BCUT2D eigenvalue weighted by Gasteiger charge is -2.27. The molecule has 0 bridgehead atoms. The molecule has 0 saturated carbocycles. The predicted octanol–water partition coefficient (Wildman–Crippen LogP) is 3.41. The second kappa shape index (κ2) is 6.41. The zero-order valence-electron chi connectivity index (χ0n) is 11.4. The summed E-state index contributed by atoms with van der Waals surface area (Å²) in [6.07, 6.45) is 5.94. The van der Waals surface area contributed by atoms with Crippen LogP contribution in [0.1, 0.15) is 32.1 Å². The fourth-order valence-electron chi connectivity index (χ4n) is 2.67. The molecule has 1 saturated heterocycles. The molecule has 1 aliphatic heterocycles. The van der Waals surface area contributed by atoms with Gasteiger partial charge in [-0.1, -0.05) is 25.3 Å². The lowest BCUT2D eigenvalue weighted by atomic mass is 10.1. The Morgan fingerprint density at radius 2 is 1.79 bits per heavy atom. The molecular weight excluding hydrogens is 242 g/mol. The Labute approximate surface area is 113 Å². The van der Waals surface area contributed by atoms with Gasteiger partial charge in [0.05, 0.1) is 4.92 Å². The first-order valence-corrected chi connectivity index (χ1v) is 6.94. The minimum absolute atomic E-state index is 0.200. The summed E-state index contributed by atoms with van der Waals surface area (Å²) in [5.74, 6) is 0. The van der Waals surface area contributed by atoms with E-state index in [1.165, 1.54) is 19.3 Å². The summed E-state index contributed by atoms with van der Waals surface area (Å²) in [6.45, 7) is 1.82. The third-order valence-electron chi connectivity index (χ3n) is 3.66. The van der Waals surface area contributed by atoms with Crippen molar-refractivity contribution >= 4 is 17.1 Å². The highest BCUT2D eigenvalue weighted by atomic mass is 16.6. The van der Waals surface area contributed by atoms with Gasteiger partial charge in [-0.15, -0.1) is 0 Å². The van der Waals surface area contributed by atoms with Crippen LogP contribution in [-0.2, 0) is 0 Å². The maximum Gasteiger partial charge on any atom is 0.315 e. The normalized spacial score (nSPS) is 16.6. The molecule has 1 heterocycles. The standard InChI is InChI=1S/C14H21N3O2/c1-15-12-8-7-9-13(14(12)17(18)19)16-10-5-3-2-4-6-11-16/h7-9,15H,2-6,10-11H2,1H3. The van der Waals surface area contributed by atoms with E-state index in [4.69, 9.17) is 0 Å². The van der Waals surface area contributed by atoms with E-state index in [0.717, 1.165) is 31.6 Å². The topological polar surface area (TPSA) is 58.4 Å². The van der Waals surface area contributed by atoms with Crippen LogP contribution in [0.5, 0.6) is 0 Å². The number of hydrogen-bond donors (Lipinski definition) is 1. The van der Waals surface area contributed by atoms with Crippen molar-refractivity contribution in [3.8, 4) is 0 Å². The van der Waals surface area contributed by atoms with Crippen molar-refractivity contribution < 1.29 is 4.92 Å². The third kappa shape index (κ3) is 3.16. The SMILES string of the molecule is CNc1cccc(N2CCCCCCC2)c1[N+](=O)[O-]. The lowest BCUT2D eigenvalue weighted by Crippen LogP contribution is -2.27. The summed E-state index contributed by atoms with van der Waals surface area (Å²) >= 11 is 0. The van der Waals surface area contributed by atoms with Crippen LogP contribution in [0.3, 0.4) is 0 Å². The maximum absolute atomic E-state index is 11.3. The number of para-hydroxylation sites is 1. The van der Waals surface area contributed by atoms with E-state index in [2.05, 4.69) is 10.2 Å². The van der Waals surface area contributed by atoms with Gasteiger partial charge in [-0.05, 0) is 25.0 Å². The summed E-state index contributed by atoms with van der Waals surface area (Å²) in [6, 6.07) is 5.50. The minimum Gasteiger partial charge on any atom is -0.382 e. The summed E-state index contributed by atoms with van der Waals surface area (Å²) < 4.78 is 0. The van der Waals surface area contributed by atoms with E-state index in [-0.39, 0.29) is 10.6 Å². The molecule has 0 unspecified atom stereocenters. The molecule has 104 valence electrons. The first-order valence-electron chi connectivity index (χ1n) is 6.94. The number of benzene rings is 1. The second-order valence-electron chi connectivity index (χ2n) is 4.94. The molecule has 1 aromatic carbocycles. The van der Waals surface area contributed by atoms with Crippen LogP contribution in [0.15, 0.2) is 18.2 Å². The number of nitrogens with one attached hydrogen (secondary N) is 1. The van der Waals surface area contributed by atoms with Gasteiger partial charge in [-0.2, -0.15) is 0 Å². The molecule has 0 radical (unpaired) electrons. The van der Waals surface area contributed by atoms with Crippen LogP contribution in [0.2, 0.25) is 0 Å². The molecule has 0 atom stereocenters. The zero-order chi connectivity index (χ0) is 13.7. The molecule has 1 aromatic rings. The van der Waals surface area contributed by atoms with Crippen molar-refractivity contribution in [3.05, 3.63) is 28.3 Å². The summed E-state index contributed by atoms with van der Waals surface area (Å²) in [5, 5.41) is 14.3. The van der Waals surface area contributed by atoms with Gasteiger partial charge in [0.25, 0.3) is 0 Å². The van der Waals surface area contributed by atoms with Crippen LogP contribution < -0.4 is 10.2 Å². The van der Waals surface area contributed by atoms with Crippen LogP contribution in [0, 0.1) is 10.1 Å². The monoisotopic (exact) mass is 263 g/mol. The smallest absolute Gasteiger partial charge is 0.315 e. The Balaban J connectivity index is 2.33. The van der Waals surface area contributed by atoms with Gasteiger partial charge in [-0.25, -0.2) is 0 Å². The molecule has 0 aliphatic carbocycles. The molecule has 5 heteroatoms. The summed E-state index contributed by atoms with van der Waals surface area (Å²) in [7, 11) is 1.72. The van der Waals surface area contributed by atoms with Crippen molar-refractivity contribution in [2.45, 2.75) is 32.1 Å². The number of hydrogen-bond acceptors (Lipinski definition) is 4. The largest absolute Gasteiger partial charge is 0.382 e. The Kier molecular flexibility index (Phi) is 4.60. The van der Waals surface area contributed by atoms with Crippen molar-refractivity contribution in [1.82, 2.24) is 0 Å². The maximum atomic E-state index is 11.3. The Morgan fingerprint density at radius 3 is 2.37 bits per heavy atom. The average molecular weight is 263 g/mol. The first-order chi connectivity index (χ1) is 9.24. The average Bonchev–Trinajstić information content (AvgIpc) is 2.37. The van der Waals surface area contributed by atoms with Crippen LogP contribution in [-0.4, -0.2) is 25.1 Å². The fourth-order valence-corrected chi connectivity index (χ4v) is 2.67. The number of nitro groups is 1. The van der Waals surface area contributed by atoms with Gasteiger partial charge in [0.15, 0.2) is 0 Å². The number of anilines is 2. The predicted molar refractivity (Wildman–Crippen MR) is 77.9 cm³/mol. The van der Waals surface area contributed by atoms with E-state index in [1.807, 2.05) is 12.1 Å². The summed E-state index contributed by atoms with van der Waals surface area (Å²) in [5.41, 5.74) is 1.54. The van der Waals surface area contributed by atoms with Gasteiger partial charge in [0, 0.05) is 20.1 Å². The van der Waals surface area contributed by atoms with E-state index in [9.17, 15) is 10.1 Å². The highest BCUT2D eigenvalue weighted by Gasteiger charge is 2.23. The Hall–Kier alpha value is -1.78. The zero-order valence-corrected chi connectivity index (χ0v) is 11.4. The second-order valence-corrected chi connectivity index (χ2v) is 4.94. The van der Waals surface area contributed by atoms with Crippen LogP contribution in [0.25, 0.3) is 0 Å². The molecule has 1 fully saturated rings. The van der Waals surface area contributed by atoms with Crippen molar-refractivity contribution in [1.29, 1.82) is 0 Å². The van der Waals surface area contributed by atoms with Crippen molar-refractivity contribution in [2.24, 2.45) is 0 Å². The van der Waals surface area contributed by atoms with E-state index in [0.29, 0.717) is 5.69 Å². The Morgan fingerprint density at radius 1 is 1.16 bits per heavy atom. The molecule has 0 amide bonds. The number of nitro benzene ring substituents is 1. The molecule has 2 rings (SSSR count). The molecular formula is C14H21N3O2. The quantitative estimate of drug-likeness (QED) is 0.670. The highest BCUT2D eigenvalue weighted by molar-refractivity contribution is 5.76. The van der Waals surface area contributed by atoms with Crippen LogP contribution >= 0.6 is 0 Å². The van der Waals surface area contributed by atoms with Gasteiger partial charge in [-0.3, -0.25) is 10.1 Å². The molecule has 0 spiro atoms. The molecule has 1 aliphatic rings. The molecule has 19 heavy (non-hydrogen) atoms. The third-order valence-corrected chi connectivity index (χ3v) is 3.66. The van der Waals surface area contributed by atoms with E-state index in [1.54, 1.807) is 13.1 Å². The van der Waals surface area contributed by atoms with E-state index < -0.39 is 0 Å². The van der Waals surface area contributed by atoms with Crippen molar-refractivity contribution in [2.75, 3.05) is 30.4 Å². The van der Waals surface area contributed by atoms with Gasteiger partial charge >= 0.3 is 5.69 Å². The molecule has 0 aromatic heterocycles. The van der Waals surface area contributed by atoms with Crippen LogP contribution in [0.4, 0.5) is 17.1 Å².